The van der Waals surface area contributed by atoms with Crippen LogP contribution in [0.3, 0.4) is 0 Å². The summed E-state index contributed by atoms with van der Waals surface area (Å²) in [6.45, 7) is 8.15. The fraction of sp³-hybridized carbons (Fsp3) is 0.550. The second-order valence-electron chi connectivity index (χ2n) is 7.63. The van der Waals surface area contributed by atoms with Crippen molar-refractivity contribution in [3.8, 4) is 0 Å². The van der Waals surface area contributed by atoms with Gasteiger partial charge in [-0.3, -0.25) is 14.7 Å². The summed E-state index contributed by atoms with van der Waals surface area (Å²) in [6, 6.07) is 3.46. The average Bonchev–Trinajstić information content (AvgIpc) is 3.20. The lowest BCUT2D eigenvalue weighted by molar-refractivity contribution is -0.136. The Hall–Kier alpha value is -2.25. The van der Waals surface area contributed by atoms with Crippen molar-refractivity contribution in [3.63, 3.8) is 0 Å². The molecule has 0 aliphatic carbocycles. The molecule has 1 spiro atoms. The van der Waals surface area contributed by atoms with Crippen molar-refractivity contribution >= 4 is 5.91 Å². The molecule has 0 radical (unpaired) electrons. The third kappa shape index (κ3) is 3.61. The number of hydrogen-bond donors (Lipinski definition) is 1. The van der Waals surface area contributed by atoms with Gasteiger partial charge in [0.05, 0.1) is 11.3 Å². The van der Waals surface area contributed by atoms with Gasteiger partial charge in [0.1, 0.15) is 5.76 Å². The Kier molecular flexibility index (Phi) is 4.97. The van der Waals surface area contributed by atoms with E-state index in [0.717, 1.165) is 50.5 Å². The van der Waals surface area contributed by atoms with Crippen LogP contribution < -0.4 is 5.32 Å². The van der Waals surface area contributed by atoms with E-state index >= 15 is 0 Å². The molecule has 2 saturated heterocycles. The van der Waals surface area contributed by atoms with Gasteiger partial charge in [-0.1, -0.05) is 5.16 Å². The maximum absolute atomic E-state index is 12.2. The van der Waals surface area contributed by atoms with Crippen LogP contribution in [0.5, 0.6) is 0 Å². The molecule has 1 amide bonds. The molecule has 2 aliphatic heterocycles. The Labute approximate surface area is 159 Å². The average molecular weight is 370 g/mol. The molecule has 2 aromatic rings. The van der Waals surface area contributed by atoms with Crippen LogP contribution in [0.15, 0.2) is 29.0 Å². The molecule has 7 heteroatoms. The SMILES string of the molecule is Cc1noc(C)c1CN1CC2(C1)OCCC2CCNC(=O)c1ccncc1. The number of aromatic nitrogens is 2. The van der Waals surface area contributed by atoms with Crippen LogP contribution >= 0.6 is 0 Å². The molecule has 2 aliphatic rings. The third-order valence-corrected chi connectivity index (χ3v) is 5.87. The van der Waals surface area contributed by atoms with Gasteiger partial charge in [0, 0.05) is 56.3 Å². The Bertz CT molecular complexity index is 779. The van der Waals surface area contributed by atoms with Gasteiger partial charge < -0.3 is 14.6 Å². The van der Waals surface area contributed by atoms with E-state index in [-0.39, 0.29) is 11.5 Å². The van der Waals surface area contributed by atoms with Crippen LogP contribution in [0.2, 0.25) is 0 Å². The smallest absolute Gasteiger partial charge is 0.251 e. The van der Waals surface area contributed by atoms with E-state index in [0.29, 0.717) is 18.0 Å². The van der Waals surface area contributed by atoms with Crippen molar-refractivity contribution in [2.24, 2.45) is 5.92 Å². The molecule has 1 unspecified atom stereocenters. The number of aryl methyl sites for hydroxylation is 2. The van der Waals surface area contributed by atoms with Crippen LogP contribution in [0, 0.1) is 19.8 Å². The summed E-state index contributed by atoms with van der Waals surface area (Å²) in [6.07, 6.45) is 5.27. The van der Waals surface area contributed by atoms with Crippen molar-refractivity contribution in [3.05, 3.63) is 47.1 Å². The third-order valence-electron chi connectivity index (χ3n) is 5.87. The summed E-state index contributed by atoms with van der Waals surface area (Å²) in [7, 11) is 0. The van der Waals surface area contributed by atoms with Crippen LogP contribution in [0.4, 0.5) is 0 Å². The second-order valence-corrected chi connectivity index (χ2v) is 7.63. The van der Waals surface area contributed by atoms with Crippen LogP contribution in [-0.2, 0) is 11.3 Å². The number of carbonyl (C=O) groups excluding carboxylic acids is 1. The standard InChI is InChI=1S/C20H26N4O3/c1-14-18(15(2)27-23-14)11-24-12-20(13-24)17(6-10-26-20)5-9-22-19(25)16-3-7-21-8-4-16/h3-4,7-8,17H,5-6,9-13H2,1-2H3,(H,22,25). The van der Waals surface area contributed by atoms with Crippen molar-refractivity contribution in [1.82, 2.24) is 20.4 Å². The van der Waals surface area contributed by atoms with E-state index in [2.05, 4.69) is 20.4 Å². The number of ether oxygens (including phenoxy) is 1. The van der Waals surface area contributed by atoms with E-state index in [1.807, 2.05) is 13.8 Å². The summed E-state index contributed by atoms with van der Waals surface area (Å²) >= 11 is 0. The van der Waals surface area contributed by atoms with E-state index in [9.17, 15) is 4.79 Å². The van der Waals surface area contributed by atoms with Crippen LogP contribution in [0.25, 0.3) is 0 Å². The van der Waals surface area contributed by atoms with Gasteiger partial charge in [-0.05, 0) is 44.7 Å². The number of hydrogen-bond acceptors (Lipinski definition) is 6. The monoisotopic (exact) mass is 370 g/mol. The molecule has 27 heavy (non-hydrogen) atoms. The molecule has 0 saturated carbocycles. The highest BCUT2D eigenvalue weighted by Gasteiger charge is 2.52. The van der Waals surface area contributed by atoms with E-state index < -0.39 is 0 Å². The van der Waals surface area contributed by atoms with Gasteiger partial charge in [-0.2, -0.15) is 0 Å². The van der Waals surface area contributed by atoms with Crippen molar-refractivity contribution in [2.45, 2.75) is 38.8 Å². The lowest BCUT2D eigenvalue weighted by Gasteiger charge is -2.50. The predicted molar refractivity (Wildman–Crippen MR) is 99.2 cm³/mol. The molecule has 1 N–H and O–H groups in total. The van der Waals surface area contributed by atoms with Crippen LogP contribution in [-0.4, -0.2) is 52.8 Å². The highest BCUT2D eigenvalue weighted by molar-refractivity contribution is 5.93. The summed E-state index contributed by atoms with van der Waals surface area (Å²) in [5.74, 6) is 1.34. The topological polar surface area (TPSA) is 80.5 Å². The van der Waals surface area contributed by atoms with Gasteiger partial charge in [0.15, 0.2) is 0 Å². The normalized spacial score (nSPS) is 21.3. The number of carbonyl (C=O) groups is 1. The zero-order chi connectivity index (χ0) is 18.9. The largest absolute Gasteiger partial charge is 0.372 e. The molecule has 4 rings (SSSR count). The number of rotatable bonds is 6. The minimum Gasteiger partial charge on any atom is -0.372 e. The first-order valence-electron chi connectivity index (χ1n) is 9.54. The van der Waals surface area contributed by atoms with Crippen molar-refractivity contribution in [1.29, 1.82) is 0 Å². The van der Waals surface area contributed by atoms with Gasteiger partial charge >= 0.3 is 0 Å². The second kappa shape index (κ2) is 7.40. The number of amides is 1. The van der Waals surface area contributed by atoms with E-state index in [1.165, 1.54) is 5.56 Å². The first kappa shape index (κ1) is 18.1. The van der Waals surface area contributed by atoms with Crippen LogP contribution in [0.1, 0.15) is 40.2 Å². The fourth-order valence-corrected chi connectivity index (χ4v) is 4.28. The first-order chi connectivity index (χ1) is 13.1. The van der Waals surface area contributed by atoms with Gasteiger partial charge in [0.25, 0.3) is 5.91 Å². The zero-order valence-corrected chi connectivity index (χ0v) is 15.9. The predicted octanol–water partition coefficient (Wildman–Crippen LogP) is 2.10. The quantitative estimate of drug-likeness (QED) is 0.839. The summed E-state index contributed by atoms with van der Waals surface area (Å²) in [5.41, 5.74) is 2.75. The highest BCUT2D eigenvalue weighted by Crippen LogP contribution is 2.42. The number of likely N-dealkylation sites (tertiary alicyclic amines) is 1. The number of nitrogens with zero attached hydrogens (tertiary/aromatic N) is 3. The van der Waals surface area contributed by atoms with E-state index in [1.54, 1.807) is 24.5 Å². The Morgan fingerprint density at radius 3 is 2.81 bits per heavy atom. The number of pyridine rings is 1. The van der Waals surface area contributed by atoms with Crippen molar-refractivity contribution < 1.29 is 14.1 Å². The Balaban J connectivity index is 1.27. The molecule has 144 valence electrons. The van der Waals surface area contributed by atoms with E-state index in [4.69, 9.17) is 9.26 Å². The van der Waals surface area contributed by atoms with Crippen molar-refractivity contribution in [2.75, 3.05) is 26.2 Å². The Morgan fingerprint density at radius 1 is 1.33 bits per heavy atom. The Morgan fingerprint density at radius 2 is 2.11 bits per heavy atom. The highest BCUT2D eigenvalue weighted by atomic mass is 16.5. The molecular weight excluding hydrogens is 344 g/mol. The molecular formula is C20H26N4O3. The molecule has 4 heterocycles. The maximum atomic E-state index is 12.2. The van der Waals surface area contributed by atoms with Gasteiger partial charge in [-0.15, -0.1) is 0 Å². The molecule has 2 aromatic heterocycles. The molecule has 1 atom stereocenters. The van der Waals surface area contributed by atoms with Gasteiger partial charge in [0.2, 0.25) is 0 Å². The molecule has 2 fully saturated rings. The molecule has 7 nitrogen and oxygen atoms in total. The first-order valence-corrected chi connectivity index (χ1v) is 9.54. The minimum absolute atomic E-state index is 0.0426. The molecule has 0 bridgehead atoms. The lowest BCUT2D eigenvalue weighted by atomic mass is 9.78. The summed E-state index contributed by atoms with van der Waals surface area (Å²) in [4.78, 5) is 18.5. The summed E-state index contributed by atoms with van der Waals surface area (Å²) in [5, 5.41) is 7.05. The fourth-order valence-electron chi connectivity index (χ4n) is 4.28. The lowest BCUT2D eigenvalue weighted by Crippen LogP contribution is -2.64. The number of nitrogens with one attached hydrogen (secondary N) is 1. The zero-order valence-electron chi connectivity index (χ0n) is 15.9. The van der Waals surface area contributed by atoms with Gasteiger partial charge in [-0.25, -0.2) is 0 Å². The maximum Gasteiger partial charge on any atom is 0.251 e. The minimum atomic E-state index is -0.0552. The molecule has 0 aromatic carbocycles. The summed E-state index contributed by atoms with van der Waals surface area (Å²) < 4.78 is 11.4.